The number of aryl methyl sites for hydroxylation is 4. The molecule has 0 amide bonds. The summed E-state index contributed by atoms with van der Waals surface area (Å²) in [4.78, 5) is 14.3. The summed E-state index contributed by atoms with van der Waals surface area (Å²) in [5, 5.41) is 9.34. The number of para-hydroxylation sites is 1. The number of hydrogen-bond donors (Lipinski definition) is 1. The minimum atomic E-state index is 0.710. The van der Waals surface area contributed by atoms with Crippen LogP contribution in [0.1, 0.15) is 33.9 Å². The van der Waals surface area contributed by atoms with Crippen molar-refractivity contribution >= 4 is 22.5 Å². The molecule has 5 aromatic rings. The van der Waals surface area contributed by atoms with E-state index in [2.05, 4.69) is 35.4 Å². The smallest absolute Gasteiger partial charge is 0.156 e. The van der Waals surface area contributed by atoms with Gasteiger partial charge in [-0.2, -0.15) is 9.78 Å². The molecule has 0 atom stereocenters. The van der Waals surface area contributed by atoms with E-state index in [4.69, 9.17) is 19.8 Å². The molecule has 0 spiro atoms. The van der Waals surface area contributed by atoms with Crippen LogP contribution in [0.5, 0.6) is 5.75 Å². The minimum absolute atomic E-state index is 0.710. The monoisotopic (exact) mass is 464 g/mol. The predicted molar refractivity (Wildman–Crippen MR) is 139 cm³/mol. The largest absolute Gasteiger partial charge is 0.494 e. The number of nitrogens with zero attached hydrogens (tertiary/aromatic N) is 5. The van der Waals surface area contributed by atoms with Gasteiger partial charge in [-0.1, -0.05) is 42.5 Å². The number of hydrogen-bond acceptors (Lipinski definition) is 6. The Hall–Kier alpha value is -4.26. The van der Waals surface area contributed by atoms with Crippen molar-refractivity contribution in [2.24, 2.45) is 0 Å². The van der Waals surface area contributed by atoms with E-state index in [0.29, 0.717) is 11.6 Å². The van der Waals surface area contributed by atoms with Crippen LogP contribution in [0.2, 0.25) is 0 Å². The topological polar surface area (TPSA) is 77.8 Å². The molecule has 35 heavy (non-hydrogen) atoms. The van der Waals surface area contributed by atoms with Gasteiger partial charge in [0.15, 0.2) is 5.82 Å². The quantitative estimate of drug-likeness (QED) is 0.343. The van der Waals surface area contributed by atoms with Gasteiger partial charge in [-0.05, 0) is 51.0 Å². The van der Waals surface area contributed by atoms with Crippen molar-refractivity contribution in [1.82, 2.24) is 24.7 Å². The molecule has 0 saturated heterocycles. The van der Waals surface area contributed by atoms with Crippen molar-refractivity contribution < 1.29 is 4.74 Å². The second-order valence-electron chi connectivity index (χ2n) is 8.71. The van der Waals surface area contributed by atoms with Crippen molar-refractivity contribution in [3.05, 3.63) is 94.6 Å². The van der Waals surface area contributed by atoms with E-state index in [1.54, 1.807) is 7.11 Å². The average molecular weight is 465 g/mol. The maximum Gasteiger partial charge on any atom is 0.156 e. The van der Waals surface area contributed by atoms with Gasteiger partial charge >= 0.3 is 0 Å². The highest BCUT2D eigenvalue weighted by Crippen LogP contribution is 2.30. The molecule has 0 unspecified atom stereocenters. The minimum Gasteiger partial charge on any atom is -0.494 e. The van der Waals surface area contributed by atoms with Crippen molar-refractivity contribution in [2.75, 3.05) is 12.4 Å². The zero-order valence-corrected chi connectivity index (χ0v) is 20.6. The van der Waals surface area contributed by atoms with Crippen LogP contribution in [0.15, 0.2) is 60.7 Å². The Morgan fingerprint density at radius 2 is 1.69 bits per heavy atom. The van der Waals surface area contributed by atoms with Crippen LogP contribution in [0.3, 0.4) is 0 Å². The molecule has 0 saturated carbocycles. The lowest BCUT2D eigenvalue weighted by Gasteiger charge is -2.16. The Kier molecular flexibility index (Phi) is 5.91. The number of pyridine rings is 1. The van der Waals surface area contributed by atoms with E-state index in [1.807, 2.05) is 67.9 Å². The lowest BCUT2D eigenvalue weighted by Crippen LogP contribution is -2.10. The van der Waals surface area contributed by atoms with Gasteiger partial charge in [-0.3, -0.25) is 0 Å². The van der Waals surface area contributed by atoms with Gasteiger partial charge in [0.05, 0.1) is 12.8 Å². The number of fused-ring (bicyclic) bond motifs is 1. The number of aromatic nitrogens is 5. The van der Waals surface area contributed by atoms with Crippen LogP contribution < -0.4 is 10.1 Å². The average Bonchev–Trinajstić information content (AvgIpc) is 3.21. The first-order valence-corrected chi connectivity index (χ1v) is 11.6. The van der Waals surface area contributed by atoms with Gasteiger partial charge < -0.3 is 10.1 Å². The van der Waals surface area contributed by atoms with Gasteiger partial charge in [0, 0.05) is 29.1 Å². The summed E-state index contributed by atoms with van der Waals surface area (Å²) in [5.74, 6) is 3.72. The highest BCUT2D eigenvalue weighted by molar-refractivity contribution is 5.88. The van der Waals surface area contributed by atoms with Gasteiger partial charge in [0.25, 0.3) is 0 Å². The maximum atomic E-state index is 5.58. The summed E-state index contributed by atoms with van der Waals surface area (Å²) in [6, 6.07) is 20.4. The molecule has 7 nitrogen and oxygen atoms in total. The zero-order chi connectivity index (χ0) is 24.5. The van der Waals surface area contributed by atoms with E-state index < -0.39 is 0 Å². The second-order valence-corrected chi connectivity index (χ2v) is 8.71. The number of anilines is 2. The van der Waals surface area contributed by atoms with Gasteiger partial charge in [0.1, 0.15) is 28.7 Å². The summed E-state index contributed by atoms with van der Waals surface area (Å²) >= 11 is 0. The molecule has 2 aromatic carbocycles. The summed E-state index contributed by atoms with van der Waals surface area (Å²) in [6.45, 7) is 7.98. The van der Waals surface area contributed by atoms with Crippen LogP contribution >= 0.6 is 0 Å². The molecule has 7 heteroatoms. The van der Waals surface area contributed by atoms with E-state index in [1.165, 1.54) is 5.56 Å². The molecule has 0 bridgehead atoms. The van der Waals surface area contributed by atoms with Crippen LogP contribution in [-0.4, -0.2) is 31.8 Å². The Balaban J connectivity index is 1.60. The fraction of sp³-hybridized carbons (Fsp3) is 0.214. The number of methoxy groups -OCH3 is 1. The molecule has 3 heterocycles. The Labute approximate surface area is 204 Å². The first-order valence-electron chi connectivity index (χ1n) is 11.6. The molecule has 0 fully saturated rings. The lowest BCUT2D eigenvalue weighted by molar-refractivity contribution is 0.419. The SMILES string of the molecule is COc1cccc2c(C)cc(-n3nc(C)cc3Nc3nc(C)nc(C)c3Cc3ccccc3)nc12. The van der Waals surface area contributed by atoms with Crippen molar-refractivity contribution in [3.63, 3.8) is 0 Å². The predicted octanol–water partition coefficient (Wildman–Crippen LogP) is 5.79. The van der Waals surface area contributed by atoms with Crippen molar-refractivity contribution in [2.45, 2.75) is 34.1 Å². The molecule has 5 rings (SSSR count). The zero-order valence-electron chi connectivity index (χ0n) is 20.6. The molecule has 0 aliphatic rings. The van der Waals surface area contributed by atoms with E-state index in [9.17, 15) is 0 Å². The summed E-state index contributed by atoms with van der Waals surface area (Å²) < 4.78 is 7.41. The number of nitrogens with one attached hydrogen (secondary N) is 1. The fourth-order valence-electron chi connectivity index (χ4n) is 4.38. The third kappa shape index (κ3) is 4.45. The third-order valence-corrected chi connectivity index (χ3v) is 6.06. The number of ether oxygens (including phenoxy) is 1. The second kappa shape index (κ2) is 9.18. The Morgan fingerprint density at radius 1 is 0.886 bits per heavy atom. The van der Waals surface area contributed by atoms with Gasteiger partial charge in [-0.25, -0.2) is 15.0 Å². The summed E-state index contributed by atoms with van der Waals surface area (Å²) in [5.41, 5.74) is 5.99. The van der Waals surface area contributed by atoms with E-state index in [-0.39, 0.29) is 0 Å². The van der Waals surface area contributed by atoms with Crippen molar-refractivity contribution in [1.29, 1.82) is 0 Å². The van der Waals surface area contributed by atoms with E-state index in [0.717, 1.165) is 57.2 Å². The Morgan fingerprint density at radius 3 is 2.46 bits per heavy atom. The molecule has 1 N–H and O–H groups in total. The molecule has 176 valence electrons. The van der Waals surface area contributed by atoms with Crippen LogP contribution in [0, 0.1) is 27.7 Å². The standard InChI is InChI=1S/C28H28N6O/c1-17-14-25(31-27-22(17)12-9-13-24(27)35-5)34-26(15-18(2)33-34)32-28-23(19(3)29-20(4)30-28)16-21-10-7-6-8-11-21/h6-15H,16H2,1-5H3,(H,29,30,32). The van der Waals surface area contributed by atoms with Crippen LogP contribution in [0.25, 0.3) is 16.7 Å². The van der Waals surface area contributed by atoms with E-state index >= 15 is 0 Å². The van der Waals surface area contributed by atoms with Crippen molar-refractivity contribution in [3.8, 4) is 11.6 Å². The van der Waals surface area contributed by atoms with Gasteiger partial charge in [0.2, 0.25) is 0 Å². The Bertz CT molecular complexity index is 1520. The third-order valence-electron chi connectivity index (χ3n) is 6.06. The van der Waals surface area contributed by atoms with Gasteiger partial charge in [-0.15, -0.1) is 0 Å². The van der Waals surface area contributed by atoms with Crippen LogP contribution in [0.4, 0.5) is 11.6 Å². The number of benzene rings is 2. The highest BCUT2D eigenvalue weighted by atomic mass is 16.5. The molecule has 0 aliphatic heterocycles. The normalized spacial score (nSPS) is 11.1. The lowest BCUT2D eigenvalue weighted by atomic mass is 10.0. The first kappa shape index (κ1) is 22.5. The first-order chi connectivity index (χ1) is 16.9. The number of rotatable bonds is 6. The highest BCUT2D eigenvalue weighted by Gasteiger charge is 2.17. The van der Waals surface area contributed by atoms with Crippen LogP contribution in [-0.2, 0) is 6.42 Å². The molecular weight excluding hydrogens is 436 g/mol. The molecule has 3 aromatic heterocycles. The fourth-order valence-corrected chi connectivity index (χ4v) is 4.38. The summed E-state index contributed by atoms with van der Waals surface area (Å²) in [7, 11) is 1.66. The maximum absolute atomic E-state index is 5.58. The molecular formula is C28H28N6O. The molecule has 0 aliphatic carbocycles. The molecule has 0 radical (unpaired) electrons. The summed E-state index contributed by atoms with van der Waals surface area (Å²) in [6.07, 6.45) is 0.729.